The number of alkyl halides is 1. The second kappa shape index (κ2) is 11.6. The van der Waals surface area contributed by atoms with Gasteiger partial charge in [-0.15, -0.1) is 0 Å². The van der Waals surface area contributed by atoms with E-state index in [1.165, 1.54) is 6.07 Å². The molecule has 5 nitrogen and oxygen atoms in total. The number of nitrogens with one attached hydrogen (secondary N) is 1. The first-order valence-corrected chi connectivity index (χ1v) is 15.7. The monoisotopic (exact) mass is 576 g/mol. The third-order valence-electron chi connectivity index (χ3n) is 10.4. The van der Waals surface area contributed by atoms with E-state index in [4.69, 9.17) is 10.5 Å². The average molecular weight is 577 g/mol. The highest BCUT2D eigenvalue weighted by Crippen LogP contribution is 2.46. The fourth-order valence-electron chi connectivity index (χ4n) is 7.31. The molecule has 0 radical (unpaired) electrons. The molecule has 1 aliphatic heterocycles. The summed E-state index contributed by atoms with van der Waals surface area (Å²) in [6.07, 6.45) is 12.8. The van der Waals surface area contributed by atoms with Gasteiger partial charge in [0.05, 0.1) is 12.0 Å². The van der Waals surface area contributed by atoms with Gasteiger partial charge in [-0.3, -0.25) is 9.59 Å². The molecule has 4 fully saturated rings. The molecule has 1 spiro atoms. The lowest BCUT2D eigenvalue weighted by Gasteiger charge is -2.38. The van der Waals surface area contributed by atoms with E-state index in [-0.39, 0.29) is 48.0 Å². The molecule has 2 aromatic rings. The maximum absolute atomic E-state index is 15.3. The van der Waals surface area contributed by atoms with Crippen LogP contribution in [-0.2, 0) is 9.59 Å². The van der Waals surface area contributed by atoms with Crippen LogP contribution in [0.3, 0.4) is 0 Å². The van der Waals surface area contributed by atoms with Gasteiger partial charge >= 0.3 is 0 Å². The summed E-state index contributed by atoms with van der Waals surface area (Å²) in [7, 11) is 0. The van der Waals surface area contributed by atoms with Crippen LogP contribution >= 0.6 is 0 Å². The second-order valence-corrected chi connectivity index (χ2v) is 13.2. The first-order chi connectivity index (χ1) is 20.2. The predicted molar refractivity (Wildman–Crippen MR) is 160 cm³/mol. The predicted octanol–water partition coefficient (Wildman–Crippen LogP) is 7.04. The standard InChI is InChI=1S/C35H42F2N2O3/c1-22(33(38)41)25-13-15-30(28(19-25)27-9-4-10-29(36)32(27)24-7-3-8-24)42-26-14-12-23(18-26)6-2-11-31(40)35(37)20-34(39-21-35)16-5-17-34/h2,4,6,9-10,13,15,19,22-24,26,39H,3,5,7-8,11-12,14,16-18,20-21H2,1H3,(H2,38,41)/b6-2+/t22-,23-,26-,35+/m1/s1. The Morgan fingerprint density at radius 3 is 2.60 bits per heavy atom. The molecular formula is C35H42F2N2O3. The van der Waals surface area contributed by atoms with Gasteiger partial charge in [0.25, 0.3) is 0 Å². The van der Waals surface area contributed by atoms with Crippen LogP contribution in [-0.4, -0.2) is 35.5 Å². The Bertz CT molecular complexity index is 1380. The van der Waals surface area contributed by atoms with Crippen molar-refractivity contribution in [3.05, 3.63) is 65.5 Å². The summed E-state index contributed by atoms with van der Waals surface area (Å²) in [5.74, 6) is -0.332. The SMILES string of the molecule is C[C@@H](C(N)=O)c1ccc(O[C@@H]2CC[C@@H](/C=C/CC(=O)[C@@]3(F)CNC4(CCC4)C3)C2)c(-c2cccc(F)c2C2CCC2)c1. The van der Waals surface area contributed by atoms with Gasteiger partial charge in [-0.25, -0.2) is 8.78 Å². The first kappa shape index (κ1) is 29.0. The zero-order chi connectivity index (χ0) is 29.5. The molecule has 7 heteroatoms. The largest absolute Gasteiger partial charge is 0.490 e. The van der Waals surface area contributed by atoms with E-state index in [1.807, 2.05) is 36.4 Å². The number of benzene rings is 2. The van der Waals surface area contributed by atoms with Crippen LogP contribution in [0.5, 0.6) is 5.75 Å². The van der Waals surface area contributed by atoms with Crippen LogP contribution < -0.4 is 15.8 Å². The molecule has 224 valence electrons. The molecule has 4 atom stereocenters. The van der Waals surface area contributed by atoms with Crippen molar-refractivity contribution in [1.29, 1.82) is 0 Å². The molecule has 2 aromatic carbocycles. The lowest BCUT2D eigenvalue weighted by molar-refractivity contribution is -0.129. The summed E-state index contributed by atoms with van der Waals surface area (Å²) < 4.78 is 37.1. The quantitative estimate of drug-likeness (QED) is 0.298. The van der Waals surface area contributed by atoms with E-state index in [0.717, 1.165) is 80.0 Å². The van der Waals surface area contributed by atoms with Gasteiger partial charge in [-0.2, -0.15) is 0 Å². The molecular weight excluding hydrogens is 534 g/mol. The van der Waals surface area contributed by atoms with Crippen molar-refractivity contribution in [3.63, 3.8) is 0 Å². The topological polar surface area (TPSA) is 81.4 Å². The van der Waals surface area contributed by atoms with Crippen molar-refractivity contribution in [2.24, 2.45) is 11.7 Å². The van der Waals surface area contributed by atoms with Gasteiger partial charge in [0.15, 0.2) is 11.5 Å². The highest BCUT2D eigenvalue weighted by atomic mass is 19.1. The Morgan fingerprint density at radius 2 is 1.93 bits per heavy atom. The number of nitrogens with two attached hydrogens (primary N) is 1. The second-order valence-electron chi connectivity index (χ2n) is 13.2. The minimum Gasteiger partial charge on any atom is -0.490 e. The number of rotatable bonds is 10. The van der Waals surface area contributed by atoms with Crippen LogP contribution in [0.15, 0.2) is 48.6 Å². The Labute approximate surface area is 247 Å². The van der Waals surface area contributed by atoms with E-state index in [9.17, 15) is 9.59 Å². The van der Waals surface area contributed by atoms with E-state index >= 15 is 8.78 Å². The van der Waals surface area contributed by atoms with Crippen molar-refractivity contribution in [2.75, 3.05) is 6.54 Å². The Balaban J connectivity index is 1.15. The van der Waals surface area contributed by atoms with Gasteiger partial charge in [0.2, 0.25) is 5.91 Å². The number of amides is 1. The fourth-order valence-corrected chi connectivity index (χ4v) is 7.31. The fraction of sp³-hybridized carbons (Fsp3) is 0.543. The molecule has 3 saturated carbocycles. The van der Waals surface area contributed by atoms with E-state index in [0.29, 0.717) is 12.2 Å². The van der Waals surface area contributed by atoms with Crippen molar-refractivity contribution < 1.29 is 23.1 Å². The van der Waals surface area contributed by atoms with Crippen LogP contribution in [0.4, 0.5) is 8.78 Å². The Morgan fingerprint density at radius 1 is 1.12 bits per heavy atom. The van der Waals surface area contributed by atoms with Crippen LogP contribution in [0.25, 0.3) is 11.1 Å². The third-order valence-corrected chi connectivity index (χ3v) is 10.4. The van der Waals surface area contributed by atoms with Gasteiger partial charge in [-0.1, -0.05) is 36.8 Å². The van der Waals surface area contributed by atoms with Gasteiger partial charge < -0.3 is 15.8 Å². The highest BCUT2D eigenvalue weighted by Gasteiger charge is 2.54. The minimum atomic E-state index is -1.75. The molecule has 1 saturated heterocycles. The van der Waals surface area contributed by atoms with Crippen molar-refractivity contribution in [3.8, 4) is 16.9 Å². The van der Waals surface area contributed by atoms with Crippen molar-refractivity contribution in [1.82, 2.24) is 5.32 Å². The zero-order valence-corrected chi connectivity index (χ0v) is 24.5. The first-order valence-electron chi connectivity index (χ1n) is 15.7. The van der Waals surface area contributed by atoms with E-state index < -0.39 is 17.5 Å². The summed E-state index contributed by atoms with van der Waals surface area (Å²) in [6, 6.07) is 10.9. The normalized spacial score (nSPS) is 27.6. The molecule has 0 bridgehead atoms. The molecule has 6 rings (SSSR count). The summed E-state index contributed by atoms with van der Waals surface area (Å²) in [5.41, 5.74) is 6.81. The van der Waals surface area contributed by atoms with Crippen molar-refractivity contribution in [2.45, 2.75) is 107 Å². The molecule has 0 aromatic heterocycles. The number of halogens is 2. The molecule has 42 heavy (non-hydrogen) atoms. The maximum atomic E-state index is 15.3. The summed E-state index contributed by atoms with van der Waals surface area (Å²) in [4.78, 5) is 24.7. The van der Waals surface area contributed by atoms with E-state index in [2.05, 4.69) is 5.32 Å². The minimum absolute atomic E-state index is 0.0424. The van der Waals surface area contributed by atoms with Crippen LogP contribution in [0.1, 0.15) is 101 Å². The average Bonchev–Trinajstić information content (AvgIpc) is 3.53. The van der Waals surface area contributed by atoms with Gasteiger partial charge in [-0.05, 0) is 105 Å². The Hall–Kier alpha value is -3.06. The van der Waals surface area contributed by atoms with Gasteiger partial charge in [0.1, 0.15) is 11.6 Å². The number of Topliss-reactive ketones (excluding diaryl/α,β-unsaturated/α-hetero) is 1. The molecule has 1 heterocycles. The molecule has 0 unspecified atom stereocenters. The number of carbonyl (C=O) groups is 2. The summed E-state index contributed by atoms with van der Waals surface area (Å²) in [6.45, 7) is 1.91. The number of primary amides is 1. The number of allylic oxidation sites excluding steroid dienone is 2. The van der Waals surface area contributed by atoms with Crippen LogP contribution in [0, 0.1) is 11.7 Å². The maximum Gasteiger partial charge on any atom is 0.224 e. The zero-order valence-electron chi connectivity index (χ0n) is 24.5. The van der Waals surface area contributed by atoms with Gasteiger partial charge in [0, 0.05) is 30.5 Å². The molecule has 4 aliphatic rings. The molecule has 3 aliphatic carbocycles. The number of ether oxygens (including phenoxy) is 1. The summed E-state index contributed by atoms with van der Waals surface area (Å²) in [5, 5.41) is 3.27. The number of hydrogen-bond donors (Lipinski definition) is 2. The molecule has 1 amide bonds. The van der Waals surface area contributed by atoms with Crippen molar-refractivity contribution >= 4 is 11.7 Å². The lowest BCUT2D eigenvalue weighted by atomic mass is 9.73. The van der Waals surface area contributed by atoms with E-state index in [1.54, 1.807) is 13.0 Å². The third kappa shape index (κ3) is 5.64. The summed E-state index contributed by atoms with van der Waals surface area (Å²) >= 11 is 0. The molecule has 3 N–H and O–H groups in total. The lowest BCUT2D eigenvalue weighted by Crippen LogP contribution is -2.46. The van der Waals surface area contributed by atoms with Crippen LogP contribution in [0.2, 0.25) is 0 Å². The number of hydrogen-bond acceptors (Lipinski definition) is 4. The highest BCUT2D eigenvalue weighted by molar-refractivity contribution is 5.89. The number of carbonyl (C=O) groups excluding carboxylic acids is 2. The number of ketones is 1. The Kier molecular flexibility index (Phi) is 7.99. The smallest absolute Gasteiger partial charge is 0.224 e.